The summed E-state index contributed by atoms with van der Waals surface area (Å²) in [6.07, 6.45) is 2.82. The largest absolute Gasteiger partial charge is 0.481 e. The molecule has 1 saturated carbocycles. The maximum atomic E-state index is 13.7. The minimum Gasteiger partial charge on any atom is -0.481 e. The average Bonchev–Trinajstić information content (AvgIpc) is 3.30. The van der Waals surface area contributed by atoms with Crippen molar-refractivity contribution in [2.45, 2.75) is 102 Å². The molecule has 0 spiro atoms. The van der Waals surface area contributed by atoms with Gasteiger partial charge in [-0.25, -0.2) is 25.2 Å². The molecule has 1 aliphatic carbocycles. The number of nitrogen functional groups attached to an aromatic ring is 1. The minimum absolute atomic E-state index is 0.0192. The number of nitrogens with two attached hydrogens (primary N) is 1. The Balaban J connectivity index is 1.31. The third-order valence-corrected chi connectivity index (χ3v) is 11.5. The van der Waals surface area contributed by atoms with Gasteiger partial charge in [0.1, 0.15) is 30.0 Å². The molecule has 22 nitrogen and oxygen atoms in total. The van der Waals surface area contributed by atoms with Crippen molar-refractivity contribution in [2.24, 2.45) is 23.6 Å². The highest BCUT2D eigenvalue weighted by Gasteiger charge is 2.32. The van der Waals surface area contributed by atoms with Gasteiger partial charge in [-0.3, -0.25) is 28.8 Å². The summed E-state index contributed by atoms with van der Waals surface area (Å²) in [5.41, 5.74) is 3.29. The normalized spacial score (nSPS) is 16.7. The SMILES string of the molecule is CC(CC(NC(=O)c1ccc(NN)nc1)C(=O)NCC1CCC(C(=O)NC(Cc2ccc3ccccc3c2)C(=O)NCCCCC(NC(=O)NC(CCC(=O)O)C(=O)O)C(=O)O)CC1)C(=O)O. The van der Waals surface area contributed by atoms with Crippen LogP contribution in [0.4, 0.5) is 10.6 Å². The van der Waals surface area contributed by atoms with Gasteiger partial charge in [0.05, 0.1) is 11.5 Å². The van der Waals surface area contributed by atoms with Gasteiger partial charge >= 0.3 is 29.9 Å². The molecule has 1 heterocycles. The van der Waals surface area contributed by atoms with E-state index in [2.05, 4.69) is 42.3 Å². The summed E-state index contributed by atoms with van der Waals surface area (Å²) < 4.78 is 0. The number of rotatable bonds is 26. The van der Waals surface area contributed by atoms with Gasteiger partial charge in [-0.15, -0.1) is 0 Å². The highest BCUT2D eigenvalue weighted by molar-refractivity contribution is 5.97. The van der Waals surface area contributed by atoms with E-state index in [0.717, 1.165) is 16.3 Å². The fourth-order valence-electron chi connectivity index (χ4n) is 7.59. The number of hydrazine groups is 1. The number of carbonyl (C=O) groups excluding carboxylic acids is 5. The van der Waals surface area contributed by atoms with Crippen LogP contribution in [0, 0.1) is 17.8 Å². The molecule has 5 unspecified atom stereocenters. The molecule has 0 bridgehead atoms. The Labute approximate surface area is 385 Å². The second-order valence-electron chi connectivity index (χ2n) is 16.6. The Hall–Kier alpha value is -7.36. The fraction of sp³-hybridized carbons (Fsp3) is 0.467. The maximum Gasteiger partial charge on any atom is 0.326 e. The van der Waals surface area contributed by atoms with E-state index in [0.29, 0.717) is 31.5 Å². The molecule has 0 aliphatic heterocycles. The molecule has 0 radical (unpaired) electrons. The van der Waals surface area contributed by atoms with Crippen LogP contribution in [-0.4, -0.2) is 116 Å². The number of urea groups is 1. The number of hydrogen-bond donors (Lipinski definition) is 12. The van der Waals surface area contributed by atoms with Crippen molar-refractivity contribution >= 4 is 70.1 Å². The molecule has 1 fully saturated rings. The van der Waals surface area contributed by atoms with Gasteiger partial charge in [-0.2, -0.15) is 0 Å². The predicted molar refractivity (Wildman–Crippen MR) is 241 cm³/mol. The number of carboxylic acid groups (broad SMARTS) is 4. The summed E-state index contributed by atoms with van der Waals surface area (Å²) in [7, 11) is 0. The lowest BCUT2D eigenvalue weighted by Crippen LogP contribution is -2.51. The Morgan fingerprint density at radius 3 is 1.97 bits per heavy atom. The summed E-state index contributed by atoms with van der Waals surface area (Å²) in [5, 5.41) is 54.7. The van der Waals surface area contributed by atoms with E-state index in [9.17, 15) is 58.5 Å². The van der Waals surface area contributed by atoms with E-state index >= 15 is 0 Å². The number of amides is 6. The first-order valence-electron chi connectivity index (χ1n) is 22.0. The number of fused-ring (bicyclic) bond motifs is 1. The van der Waals surface area contributed by atoms with E-state index in [1.54, 1.807) is 0 Å². The summed E-state index contributed by atoms with van der Waals surface area (Å²) in [6, 6.07) is 10.2. The molecule has 1 aliphatic rings. The standard InChI is InChI=1S/C45H59N9O13/c1-25(42(61)62)20-34(50-39(58)31-15-17-36(54-46)48-24-31)41(60)49-23-26-9-13-29(14-10-26)38(57)51-35(22-27-11-12-28-6-2-3-7-30(28)21-27)40(59)47-19-5-4-8-32(43(63)64)52-45(67)53-33(44(65)66)16-18-37(55)56/h2-3,6-7,11-12,15,17,21,24-26,29,32-35H,4-5,8-10,13-14,16,18-20,22-23,46H2,1H3,(H,47,59)(H,48,54)(H,49,60)(H,50,58)(H,51,57)(H,55,56)(H,61,62)(H,63,64)(H,65,66)(H2,52,53,67). The number of aromatic nitrogens is 1. The van der Waals surface area contributed by atoms with Crippen molar-refractivity contribution in [1.29, 1.82) is 0 Å². The summed E-state index contributed by atoms with van der Waals surface area (Å²) >= 11 is 0. The minimum atomic E-state index is -1.55. The van der Waals surface area contributed by atoms with Gasteiger partial charge in [-0.05, 0) is 92.2 Å². The van der Waals surface area contributed by atoms with Crippen molar-refractivity contribution in [3.8, 4) is 0 Å². The average molecular weight is 934 g/mol. The number of pyridine rings is 1. The maximum absolute atomic E-state index is 13.7. The molecule has 22 heteroatoms. The molecule has 362 valence electrons. The van der Waals surface area contributed by atoms with Crippen molar-refractivity contribution in [1.82, 2.24) is 36.9 Å². The first-order valence-corrected chi connectivity index (χ1v) is 22.0. The number of nitrogens with one attached hydrogen (secondary N) is 7. The second kappa shape index (κ2) is 26.0. The lowest BCUT2D eigenvalue weighted by molar-refractivity contribution is -0.142. The van der Waals surface area contributed by atoms with Crippen molar-refractivity contribution in [2.75, 3.05) is 18.5 Å². The Bertz CT molecular complexity index is 2230. The molecular weight excluding hydrogens is 875 g/mol. The van der Waals surface area contributed by atoms with Gasteiger partial charge < -0.3 is 57.8 Å². The molecule has 2 aromatic carbocycles. The Morgan fingerprint density at radius 2 is 1.36 bits per heavy atom. The Morgan fingerprint density at radius 1 is 0.701 bits per heavy atom. The quantitative estimate of drug-likeness (QED) is 0.0310. The molecule has 6 amide bonds. The van der Waals surface area contributed by atoms with Crippen LogP contribution in [0.15, 0.2) is 60.8 Å². The van der Waals surface area contributed by atoms with E-state index in [-0.39, 0.29) is 62.6 Å². The predicted octanol–water partition coefficient (Wildman–Crippen LogP) is 1.74. The van der Waals surface area contributed by atoms with E-state index in [1.807, 2.05) is 42.5 Å². The lowest BCUT2D eigenvalue weighted by Gasteiger charge is -2.30. The van der Waals surface area contributed by atoms with Gasteiger partial charge in [0.25, 0.3) is 5.91 Å². The number of aliphatic carboxylic acids is 4. The molecule has 4 rings (SSSR count). The van der Waals surface area contributed by atoms with Crippen molar-refractivity contribution < 1.29 is 63.6 Å². The number of unbranched alkanes of at least 4 members (excludes halogenated alkanes) is 1. The van der Waals surface area contributed by atoms with Crippen LogP contribution in [0.1, 0.15) is 87.1 Å². The zero-order chi connectivity index (χ0) is 49.0. The number of hydrogen-bond acceptors (Lipinski definition) is 12. The molecule has 67 heavy (non-hydrogen) atoms. The Kier molecular flexibility index (Phi) is 20.2. The number of nitrogens with zero attached hydrogens (tertiary/aromatic N) is 1. The van der Waals surface area contributed by atoms with E-state index in [1.165, 1.54) is 25.3 Å². The highest BCUT2D eigenvalue weighted by atomic mass is 16.4. The molecule has 3 aromatic rings. The number of carbonyl (C=O) groups is 9. The van der Waals surface area contributed by atoms with Gasteiger partial charge in [0.2, 0.25) is 17.7 Å². The number of anilines is 1. The van der Waals surface area contributed by atoms with Crippen LogP contribution >= 0.6 is 0 Å². The fourth-order valence-corrected chi connectivity index (χ4v) is 7.59. The topological polar surface area (TPSA) is 358 Å². The van der Waals surface area contributed by atoms with Gasteiger partial charge in [0, 0.05) is 38.0 Å². The van der Waals surface area contributed by atoms with E-state index < -0.39 is 96.5 Å². The van der Waals surface area contributed by atoms with Crippen molar-refractivity contribution in [3.05, 3.63) is 71.9 Å². The molecular formula is C45H59N9O13. The highest BCUT2D eigenvalue weighted by Crippen LogP contribution is 2.29. The molecule has 1 aromatic heterocycles. The van der Waals surface area contributed by atoms with Gasteiger partial charge in [-0.1, -0.05) is 49.4 Å². The van der Waals surface area contributed by atoms with Crippen LogP contribution in [0.2, 0.25) is 0 Å². The zero-order valence-corrected chi connectivity index (χ0v) is 37.0. The monoisotopic (exact) mass is 933 g/mol. The molecule has 5 atom stereocenters. The van der Waals surface area contributed by atoms with Crippen LogP contribution in [-0.2, 0) is 40.0 Å². The first kappa shape index (κ1) is 52.3. The summed E-state index contributed by atoms with van der Waals surface area (Å²) in [6.45, 7) is 1.76. The van der Waals surface area contributed by atoms with Crippen LogP contribution in [0.3, 0.4) is 0 Å². The van der Waals surface area contributed by atoms with Gasteiger partial charge in [0.15, 0.2) is 0 Å². The summed E-state index contributed by atoms with van der Waals surface area (Å²) in [5.74, 6) is -2.96. The smallest absolute Gasteiger partial charge is 0.326 e. The third-order valence-electron chi connectivity index (χ3n) is 11.5. The third kappa shape index (κ3) is 17.2. The second-order valence-corrected chi connectivity index (χ2v) is 16.6. The number of benzene rings is 2. The zero-order valence-electron chi connectivity index (χ0n) is 37.0. The summed E-state index contributed by atoms with van der Waals surface area (Å²) in [4.78, 5) is 116. The number of carboxylic acids is 4. The van der Waals surface area contributed by atoms with Crippen molar-refractivity contribution in [3.63, 3.8) is 0 Å². The van der Waals surface area contributed by atoms with Crippen LogP contribution < -0.4 is 43.2 Å². The van der Waals surface area contributed by atoms with Crippen LogP contribution in [0.5, 0.6) is 0 Å². The van der Waals surface area contributed by atoms with E-state index in [4.69, 9.17) is 10.9 Å². The molecule has 13 N–H and O–H groups in total. The lowest BCUT2D eigenvalue weighted by atomic mass is 9.81. The first-order chi connectivity index (χ1) is 31.9. The molecule has 0 saturated heterocycles. The van der Waals surface area contributed by atoms with Crippen LogP contribution in [0.25, 0.3) is 10.8 Å².